The SMILES string of the molecule is CS(=O)(=O)Cc1cccc(C(=O)N2CCCC2c2nc3ccccc3[nH]2)c1. The van der Waals surface area contributed by atoms with Crippen LogP contribution in [0.5, 0.6) is 0 Å². The van der Waals surface area contributed by atoms with E-state index in [1.165, 1.54) is 6.26 Å². The number of nitrogens with zero attached hydrogens (tertiary/aromatic N) is 2. The first kappa shape index (κ1) is 17.7. The maximum atomic E-state index is 13.1. The lowest BCUT2D eigenvalue weighted by atomic mass is 10.1. The van der Waals surface area contributed by atoms with Crippen LogP contribution >= 0.6 is 0 Å². The number of carbonyl (C=O) groups is 1. The number of para-hydroxylation sites is 2. The van der Waals surface area contributed by atoms with Crippen LogP contribution in [-0.4, -0.2) is 42.0 Å². The molecule has 1 amide bonds. The van der Waals surface area contributed by atoms with E-state index in [-0.39, 0.29) is 17.7 Å². The molecule has 6 nitrogen and oxygen atoms in total. The Morgan fingerprint density at radius 2 is 2.04 bits per heavy atom. The van der Waals surface area contributed by atoms with E-state index in [1.807, 2.05) is 29.2 Å². The number of aromatic amines is 1. The molecule has 0 saturated carbocycles. The highest BCUT2D eigenvalue weighted by atomic mass is 32.2. The molecule has 2 aromatic carbocycles. The van der Waals surface area contributed by atoms with Gasteiger partial charge in [0.05, 0.1) is 22.8 Å². The molecule has 1 N–H and O–H groups in total. The van der Waals surface area contributed by atoms with Gasteiger partial charge in [0.1, 0.15) is 5.82 Å². The third-order valence-electron chi connectivity index (χ3n) is 4.84. The molecule has 1 fully saturated rings. The number of nitrogens with one attached hydrogen (secondary N) is 1. The molecule has 4 rings (SSSR count). The third kappa shape index (κ3) is 3.73. The van der Waals surface area contributed by atoms with E-state index in [1.54, 1.807) is 24.3 Å². The quantitative estimate of drug-likeness (QED) is 0.750. The van der Waals surface area contributed by atoms with Crippen molar-refractivity contribution in [1.82, 2.24) is 14.9 Å². The number of benzene rings is 2. The summed E-state index contributed by atoms with van der Waals surface area (Å²) in [6.07, 6.45) is 2.96. The van der Waals surface area contributed by atoms with Gasteiger partial charge in [-0.25, -0.2) is 13.4 Å². The Kier molecular flexibility index (Phi) is 4.47. The summed E-state index contributed by atoms with van der Waals surface area (Å²) in [5.74, 6) is 0.642. The minimum atomic E-state index is -3.15. The van der Waals surface area contributed by atoms with Gasteiger partial charge in [0.25, 0.3) is 5.91 Å². The largest absolute Gasteiger partial charge is 0.340 e. The fourth-order valence-electron chi connectivity index (χ4n) is 3.69. The molecule has 7 heteroatoms. The molecule has 1 saturated heterocycles. The van der Waals surface area contributed by atoms with Crippen LogP contribution in [0.4, 0.5) is 0 Å². The molecular formula is C20H21N3O3S. The fraction of sp³-hybridized carbons (Fsp3) is 0.300. The topological polar surface area (TPSA) is 83.1 Å². The average molecular weight is 383 g/mol. The van der Waals surface area contributed by atoms with Crippen LogP contribution in [0.15, 0.2) is 48.5 Å². The Labute approximate surface area is 158 Å². The molecule has 0 aliphatic carbocycles. The van der Waals surface area contributed by atoms with Gasteiger partial charge in [0.2, 0.25) is 0 Å². The third-order valence-corrected chi connectivity index (χ3v) is 5.70. The summed E-state index contributed by atoms with van der Waals surface area (Å²) in [5, 5.41) is 0. The van der Waals surface area contributed by atoms with Gasteiger partial charge in [-0.15, -0.1) is 0 Å². The van der Waals surface area contributed by atoms with Crippen molar-refractivity contribution in [2.75, 3.05) is 12.8 Å². The van der Waals surface area contributed by atoms with Crippen molar-refractivity contribution in [2.24, 2.45) is 0 Å². The lowest BCUT2D eigenvalue weighted by Crippen LogP contribution is -2.31. The van der Waals surface area contributed by atoms with Crippen molar-refractivity contribution in [3.8, 4) is 0 Å². The lowest BCUT2D eigenvalue weighted by Gasteiger charge is -2.23. The molecule has 1 aromatic heterocycles. The highest BCUT2D eigenvalue weighted by Crippen LogP contribution is 2.32. The minimum absolute atomic E-state index is 0.0683. The van der Waals surface area contributed by atoms with Gasteiger partial charge in [0.15, 0.2) is 9.84 Å². The van der Waals surface area contributed by atoms with E-state index in [9.17, 15) is 13.2 Å². The number of likely N-dealkylation sites (tertiary alicyclic amines) is 1. The number of rotatable bonds is 4. The second-order valence-electron chi connectivity index (χ2n) is 7.07. The zero-order valence-electron chi connectivity index (χ0n) is 15.1. The Balaban J connectivity index is 1.62. The number of imidazole rings is 1. The van der Waals surface area contributed by atoms with Crippen molar-refractivity contribution in [2.45, 2.75) is 24.6 Å². The second kappa shape index (κ2) is 6.81. The zero-order valence-corrected chi connectivity index (χ0v) is 15.9. The van der Waals surface area contributed by atoms with E-state index < -0.39 is 9.84 Å². The monoisotopic (exact) mass is 383 g/mol. The molecule has 27 heavy (non-hydrogen) atoms. The summed E-state index contributed by atoms with van der Waals surface area (Å²) >= 11 is 0. The van der Waals surface area contributed by atoms with E-state index in [4.69, 9.17) is 0 Å². The molecule has 1 atom stereocenters. The first-order valence-corrected chi connectivity index (χ1v) is 11.0. The number of hydrogen-bond acceptors (Lipinski definition) is 4. The summed E-state index contributed by atoms with van der Waals surface area (Å²) in [4.78, 5) is 22.9. The Morgan fingerprint density at radius 1 is 1.22 bits per heavy atom. The molecule has 140 valence electrons. The van der Waals surface area contributed by atoms with Gasteiger partial charge in [-0.05, 0) is 42.7 Å². The van der Waals surface area contributed by atoms with E-state index in [2.05, 4.69) is 9.97 Å². The first-order valence-electron chi connectivity index (χ1n) is 8.93. The van der Waals surface area contributed by atoms with E-state index in [0.717, 1.165) is 29.7 Å². The molecular weight excluding hydrogens is 362 g/mol. The second-order valence-corrected chi connectivity index (χ2v) is 9.21. The van der Waals surface area contributed by atoms with Gasteiger partial charge in [-0.3, -0.25) is 4.79 Å². The van der Waals surface area contributed by atoms with Gasteiger partial charge in [-0.1, -0.05) is 24.3 Å². The highest BCUT2D eigenvalue weighted by Gasteiger charge is 2.32. The molecule has 1 unspecified atom stereocenters. The number of carbonyl (C=O) groups excluding carboxylic acids is 1. The first-order chi connectivity index (χ1) is 12.9. The van der Waals surface area contributed by atoms with Crippen molar-refractivity contribution in [3.05, 3.63) is 65.5 Å². The number of aromatic nitrogens is 2. The number of amides is 1. The van der Waals surface area contributed by atoms with Crippen LogP contribution < -0.4 is 0 Å². The molecule has 0 bridgehead atoms. The Morgan fingerprint density at radius 3 is 2.81 bits per heavy atom. The standard InChI is InChI=1S/C20H21N3O3S/c1-27(25,26)13-14-6-4-7-15(12-14)20(24)23-11-5-10-18(23)19-21-16-8-2-3-9-17(16)22-19/h2-4,6-9,12,18H,5,10-11,13H2,1H3,(H,21,22). The maximum Gasteiger partial charge on any atom is 0.254 e. The zero-order chi connectivity index (χ0) is 19.0. The number of fused-ring (bicyclic) bond motifs is 1. The van der Waals surface area contributed by atoms with Crippen LogP contribution in [0.2, 0.25) is 0 Å². The predicted octanol–water partition coefficient (Wildman–Crippen LogP) is 3.08. The highest BCUT2D eigenvalue weighted by molar-refractivity contribution is 7.89. The number of hydrogen-bond donors (Lipinski definition) is 1. The Bertz CT molecular complexity index is 1070. The molecule has 0 radical (unpaired) electrons. The summed E-state index contributed by atoms with van der Waals surface area (Å²) < 4.78 is 23.1. The van der Waals surface area contributed by atoms with Crippen molar-refractivity contribution >= 4 is 26.8 Å². The van der Waals surface area contributed by atoms with Crippen LogP contribution in [0.1, 0.15) is 40.6 Å². The van der Waals surface area contributed by atoms with Gasteiger partial charge < -0.3 is 9.88 Å². The summed E-state index contributed by atoms with van der Waals surface area (Å²) in [6.45, 7) is 0.664. The van der Waals surface area contributed by atoms with Crippen molar-refractivity contribution in [3.63, 3.8) is 0 Å². The molecule has 1 aliphatic heterocycles. The van der Waals surface area contributed by atoms with Crippen LogP contribution in [0.25, 0.3) is 11.0 Å². The van der Waals surface area contributed by atoms with Crippen LogP contribution in [0.3, 0.4) is 0 Å². The van der Waals surface area contributed by atoms with Crippen LogP contribution in [-0.2, 0) is 15.6 Å². The van der Waals surface area contributed by atoms with Crippen LogP contribution in [0, 0.1) is 0 Å². The Hall–Kier alpha value is -2.67. The summed E-state index contributed by atoms with van der Waals surface area (Å²) in [7, 11) is -3.15. The fourth-order valence-corrected chi connectivity index (χ4v) is 4.47. The van der Waals surface area contributed by atoms with Gasteiger partial charge in [0, 0.05) is 18.4 Å². The van der Waals surface area contributed by atoms with Crippen molar-refractivity contribution in [1.29, 1.82) is 0 Å². The summed E-state index contributed by atoms with van der Waals surface area (Å²) in [5.41, 5.74) is 2.99. The normalized spacial score (nSPS) is 17.5. The number of H-pyrrole nitrogens is 1. The van der Waals surface area contributed by atoms with Crippen molar-refractivity contribution < 1.29 is 13.2 Å². The van der Waals surface area contributed by atoms with Gasteiger partial charge in [-0.2, -0.15) is 0 Å². The predicted molar refractivity (Wildman–Crippen MR) is 104 cm³/mol. The summed E-state index contributed by atoms with van der Waals surface area (Å²) in [6, 6.07) is 14.6. The van der Waals surface area contributed by atoms with E-state index >= 15 is 0 Å². The molecule has 3 aromatic rings. The minimum Gasteiger partial charge on any atom is -0.340 e. The molecule has 1 aliphatic rings. The lowest BCUT2D eigenvalue weighted by molar-refractivity contribution is 0.0730. The molecule has 2 heterocycles. The van der Waals surface area contributed by atoms with E-state index in [0.29, 0.717) is 17.7 Å². The van der Waals surface area contributed by atoms with Gasteiger partial charge >= 0.3 is 0 Å². The number of sulfone groups is 1. The molecule has 0 spiro atoms. The maximum absolute atomic E-state index is 13.1. The smallest absolute Gasteiger partial charge is 0.254 e. The average Bonchev–Trinajstić information content (AvgIpc) is 3.26.